The molecule has 0 atom stereocenters. The van der Waals surface area contributed by atoms with E-state index < -0.39 is 0 Å². The van der Waals surface area contributed by atoms with Gasteiger partial charge in [0.05, 0.1) is 0 Å². The smallest absolute Gasteiger partial charge is 0.0346 e. The Morgan fingerprint density at radius 3 is 2.62 bits per heavy atom. The monoisotopic (exact) mass is 231 g/mol. The lowest BCUT2D eigenvalue weighted by Gasteiger charge is -2.07. The molecule has 1 N–H and O–H groups in total. The van der Waals surface area contributed by atoms with Crippen LogP contribution in [0.5, 0.6) is 0 Å². The van der Waals surface area contributed by atoms with Crippen molar-refractivity contribution in [2.45, 2.75) is 13.3 Å². The first-order chi connectivity index (χ1) is 7.79. The van der Waals surface area contributed by atoms with Gasteiger partial charge in [0.2, 0.25) is 0 Å². The Balaban J connectivity index is 2.20. The van der Waals surface area contributed by atoms with E-state index in [0.717, 1.165) is 18.7 Å². The topological polar surface area (TPSA) is 12.0 Å². The summed E-state index contributed by atoms with van der Waals surface area (Å²) in [5.41, 5.74) is 2.50. The van der Waals surface area contributed by atoms with Crippen LogP contribution in [0.3, 0.4) is 0 Å². The Morgan fingerprint density at radius 2 is 1.81 bits per heavy atom. The molecule has 0 aliphatic heterocycles. The molecule has 2 rings (SSSR count). The number of thiol groups is 1. The van der Waals surface area contributed by atoms with E-state index in [9.17, 15) is 0 Å². The van der Waals surface area contributed by atoms with Crippen LogP contribution in [-0.2, 0) is 0 Å². The molecule has 16 heavy (non-hydrogen) atoms. The van der Waals surface area contributed by atoms with Crippen molar-refractivity contribution in [3.8, 4) is 0 Å². The molecule has 1 nitrogen and oxygen atoms in total. The zero-order valence-electron chi connectivity index (χ0n) is 9.53. The van der Waals surface area contributed by atoms with Gasteiger partial charge in [0.25, 0.3) is 0 Å². The normalized spacial score (nSPS) is 10.6. The second kappa shape index (κ2) is 5.26. The third-order valence-corrected chi connectivity index (χ3v) is 2.98. The van der Waals surface area contributed by atoms with Crippen molar-refractivity contribution in [1.29, 1.82) is 0 Å². The third kappa shape index (κ3) is 2.70. The van der Waals surface area contributed by atoms with E-state index in [0.29, 0.717) is 0 Å². The van der Waals surface area contributed by atoms with Gasteiger partial charge in [-0.3, -0.25) is 0 Å². The fourth-order valence-corrected chi connectivity index (χ4v) is 1.95. The molecular weight excluding hydrogens is 214 g/mol. The standard InChI is InChI=1S/C14H17NS/c1-11-3-4-13-10-14(15-7-2-8-16)6-5-12(13)9-11/h3-6,9-10,15-16H,2,7-8H2,1H3. The van der Waals surface area contributed by atoms with Crippen LogP contribution >= 0.6 is 12.6 Å². The summed E-state index contributed by atoms with van der Waals surface area (Å²) in [7, 11) is 0. The average molecular weight is 231 g/mol. The predicted octanol–water partition coefficient (Wildman–Crippen LogP) is 3.88. The van der Waals surface area contributed by atoms with Crippen molar-refractivity contribution in [2.24, 2.45) is 0 Å². The SMILES string of the molecule is Cc1ccc2cc(NCCCS)ccc2c1. The summed E-state index contributed by atoms with van der Waals surface area (Å²) < 4.78 is 0. The number of anilines is 1. The molecule has 0 unspecified atom stereocenters. The molecule has 0 heterocycles. The van der Waals surface area contributed by atoms with Crippen LogP contribution in [-0.4, -0.2) is 12.3 Å². The summed E-state index contributed by atoms with van der Waals surface area (Å²) in [5.74, 6) is 0.930. The Bertz CT molecular complexity index is 479. The molecule has 2 aromatic carbocycles. The van der Waals surface area contributed by atoms with Crippen LogP contribution in [0.4, 0.5) is 5.69 Å². The van der Waals surface area contributed by atoms with E-state index in [4.69, 9.17) is 0 Å². The zero-order valence-corrected chi connectivity index (χ0v) is 10.4. The summed E-state index contributed by atoms with van der Waals surface area (Å²) in [4.78, 5) is 0. The van der Waals surface area contributed by atoms with E-state index in [1.54, 1.807) is 0 Å². The zero-order chi connectivity index (χ0) is 11.4. The van der Waals surface area contributed by atoms with Crippen LogP contribution in [0.25, 0.3) is 10.8 Å². The Labute approximate surface area is 102 Å². The largest absolute Gasteiger partial charge is 0.385 e. The van der Waals surface area contributed by atoms with Gasteiger partial charge in [0.15, 0.2) is 0 Å². The molecule has 0 aromatic heterocycles. The Kier molecular flexibility index (Phi) is 3.73. The quantitative estimate of drug-likeness (QED) is 0.601. The minimum absolute atomic E-state index is 0.930. The van der Waals surface area contributed by atoms with E-state index in [2.05, 4.69) is 61.3 Å². The molecule has 0 amide bonds. The van der Waals surface area contributed by atoms with Crippen LogP contribution < -0.4 is 5.32 Å². The van der Waals surface area contributed by atoms with Crippen molar-refractivity contribution in [2.75, 3.05) is 17.6 Å². The number of nitrogens with one attached hydrogen (secondary N) is 1. The highest BCUT2D eigenvalue weighted by Crippen LogP contribution is 2.20. The lowest BCUT2D eigenvalue weighted by Crippen LogP contribution is -2.01. The van der Waals surface area contributed by atoms with Gasteiger partial charge in [-0.25, -0.2) is 0 Å². The molecule has 0 aliphatic carbocycles. The maximum absolute atomic E-state index is 4.20. The van der Waals surface area contributed by atoms with Gasteiger partial charge in [-0.05, 0) is 42.0 Å². The first kappa shape index (κ1) is 11.3. The predicted molar refractivity (Wildman–Crippen MR) is 75.6 cm³/mol. The van der Waals surface area contributed by atoms with E-state index in [-0.39, 0.29) is 0 Å². The first-order valence-corrected chi connectivity index (χ1v) is 6.28. The van der Waals surface area contributed by atoms with Gasteiger partial charge in [0, 0.05) is 12.2 Å². The second-order valence-corrected chi connectivity index (χ2v) is 4.52. The number of rotatable bonds is 4. The Hall–Kier alpha value is -1.15. The number of aryl methyl sites for hydroxylation is 1. The van der Waals surface area contributed by atoms with Crippen LogP contribution in [0.15, 0.2) is 36.4 Å². The van der Waals surface area contributed by atoms with Crippen molar-refractivity contribution in [3.05, 3.63) is 42.0 Å². The highest BCUT2D eigenvalue weighted by Gasteiger charge is 1.96. The summed E-state index contributed by atoms with van der Waals surface area (Å²) in [6.07, 6.45) is 1.09. The number of hydrogen-bond donors (Lipinski definition) is 2. The van der Waals surface area contributed by atoms with Gasteiger partial charge in [-0.15, -0.1) is 0 Å². The molecule has 0 radical (unpaired) electrons. The molecule has 84 valence electrons. The molecule has 0 fully saturated rings. The highest BCUT2D eigenvalue weighted by molar-refractivity contribution is 7.80. The molecule has 0 aliphatic rings. The Morgan fingerprint density at radius 1 is 1.06 bits per heavy atom. The van der Waals surface area contributed by atoms with Crippen LogP contribution in [0.1, 0.15) is 12.0 Å². The highest BCUT2D eigenvalue weighted by atomic mass is 32.1. The molecule has 0 spiro atoms. The van der Waals surface area contributed by atoms with Crippen molar-refractivity contribution >= 4 is 29.1 Å². The van der Waals surface area contributed by atoms with Crippen molar-refractivity contribution in [3.63, 3.8) is 0 Å². The van der Waals surface area contributed by atoms with Crippen LogP contribution in [0.2, 0.25) is 0 Å². The summed E-state index contributed by atoms with van der Waals surface area (Å²) in [6, 6.07) is 13.1. The van der Waals surface area contributed by atoms with Gasteiger partial charge in [-0.1, -0.05) is 29.8 Å². The fourth-order valence-electron chi connectivity index (χ4n) is 1.79. The number of benzene rings is 2. The van der Waals surface area contributed by atoms with Crippen molar-refractivity contribution in [1.82, 2.24) is 0 Å². The van der Waals surface area contributed by atoms with E-state index in [1.807, 2.05) is 0 Å². The number of fused-ring (bicyclic) bond motifs is 1. The summed E-state index contributed by atoms with van der Waals surface area (Å²) >= 11 is 4.20. The van der Waals surface area contributed by atoms with Gasteiger partial charge >= 0.3 is 0 Å². The fraction of sp³-hybridized carbons (Fsp3) is 0.286. The molecule has 2 aromatic rings. The number of hydrogen-bond acceptors (Lipinski definition) is 2. The molecular formula is C14H17NS. The lowest BCUT2D eigenvalue weighted by atomic mass is 10.1. The third-order valence-electron chi connectivity index (χ3n) is 2.66. The molecule has 2 heteroatoms. The van der Waals surface area contributed by atoms with Crippen molar-refractivity contribution < 1.29 is 0 Å². The maximum Gasteiger partial charge on any atom is 0.0346 e. The van der Waals surface area contributed by atoms with Gasteiger partial charge in [-0.2, -0.15) is 12.6 Å². The lowest BCUT2D eigenvalue weighted by molar-refractivity contribution is 0.996. The van der Waals surface area contributed by atoms with Gasteiger partial charge in [0.1, 0.15) is 0 Å². The minimum atomic E-state index is 0.930. The molecule has 0 bridgehead atoms. The first-order valence-electron chi connectivity index (χ1n) is 5.65. The van der Waals surface area contributed by atoms with Gasteiger partial charge < -0.3 is 5.32 Å². The second-order valence-electron chi connectivity index (χ2n) is 4.07. The molecule has 0 saturated heterocycles. The van der Waals surface area contributed by atoms with E-state index >= 15 is 0 Å². The maximum atomic E-state index is 4.20. The summed E-state index contributed by atoms with van der Waals surface area (Å²) in [5, 5.41) is 6.00. The minimum Gasteiger partial charge on any atom is -0.385 e. The van der Waals surface area contributed by atoms with Crippen LogP contribution in [0, 0.1) is 6.92 Å². The average Bonchev–Trinajstić information content (AvgIpc) is 2.29. The van der Waals surface area contributed by atoms with E-state index in [1.165, 1.54) is 22.0 Å². The summed E-state index contributed by atoms with van der Waals surface area (Å²) in [6.45, 7) is 3.11. The molecule has 0 saturated carbocycles.